The number of sulfonamides is 1. The molecule has 2 amide bonds. The van der Waals surface area contributed by atoms with Crippen LogP contribution in [0.3, 0.4) is 0 Å². The van der Waals surface area contributed by atoms with Crippen LogP contribution >= 0.6 is 0 Å². The number of nitrogens with one attached hydrogen (secondary N) is 3. The second-order valence-electron chi connectivity index (χ2n) is 7.74. The van der Waals surface area contributed by atoms with E-state index in [2.05, 4.69) is 15.4 Å². The van der Waals surface area contributed by atoms with E-state index in [-0.39, 0.29) is 36.0 Å². The molecule has 2 aromatic rings. The molecule has 1 atom stereocenters. The molecule has 0 unspecified atom stereocenters. The van der Waals surface area contributed by atoms with Gasteiger partial charge < -0.3 is 20.1 Å². The Hall–Kier alpha value is -2.78. The van der Waals surface area contributed by atoms with Gasteiger partial charge in [0.1, 0.15) is 13.2 Å². The van der Waals surface area contributed by atoms with Crippen LogP contribution in [0.1, 0.15) is 31.0 Å². The number of rotatable bonds is 8. The first-order chi connectivity index (χ1) is 14.8. The standard InChI is InChI=1S/C22H29N3O5S/c1-15(2)21(17-6-9-19-20(14-17)30-13-12-29-19)25-22(26)23-10-11-24-31(27,28)18-7-4-16(3)5-8-18/h4-9,14-15,21,24H,10-13H2,1-3H3,(H2,23,25,26)/t21-/m1/s1. The van der Waals surface area contributed by atoms with Crippen molar-refractivity contribution in [3.05, 3.63) is 53.6 Å². The van der Waals surface area contributed by atoms with Gasteiger partial charge in [-0.25, -0.2) is 17.9 Å². The molecule has 0 spiro atoms. The number of aryl methyl sites for hydroxylation is 1. The molecule has 3 rings (SSSR count). The van der Waals surface area contributed by atoms with E-state index in [0.717, 1.165) is 11.1 Å². The molecular formula is C22H29N3O5S. The summed E-state index contributed by atoms with van der Waals surface area (Å²) in [6.07, 6.45) is 0. The van der Waals surface area contributed by atoms with Crippen LogP contribution in [0.15, 0.2) is 47.4 Å². The van der Waals surface area contributed by atoms with Crippen LogP contribution in [0.2, 0.25) is 0 Å². The predicted octanol–water partition coefficient (Wildman–Crippen LogP) is 2.74. The van der Waals surface area contributed by atoms with Crippen molar-refractivity contribution >= 4 is 16.1 Å². The van der Waals surface area contributed by atoms with Crippen LogP contribution in [0, 0.1) is 12.8 Å². The van der Waals surface area contributed by atoms with E-state index in [1.54, 1.807) is 24.3 Å². The van der Waals surface area contributed by atoms with Crippen molar-refractivity contribution in [1.29, 1.82) is 0 Å². The third-order valence-electron chi connectivity index (χ3n) is 4.91. The molecule has 0 radical (unpaired) electrons. The molecule has 0 aliphatic carbocycles. The van der Waals surface area contributed by atoms with Crippen molar-refractivity contribution in [2.75, 3.05) is 26.3 Å². The Morgan fingerprint density at radius 1 is 1.00 bits per heavy atom. The Balaban J connectivity index is 1.52. The Kier molecular flexibility index (Phi) is 7.40. The number of carbonyl (C=O) groups excluding carboxylic acids is 1. The first-order valence-corrected chi connectivity index (χ1v) is 11.7. The fraction of sp³-hybridized carbons (Fsp3) is 0.409. The first-order valence-electron chi connectivity index (χ1n) is 10.3. The molecule has 8 nitrogen and oxygen atoms in total. The van der Waals surface area contributed by atoms with Gasteiger partial charge in [-0.1, -0.05) is 37.6 Å². The van der Waals surface area contributed by atoms with Crippen molar-refractivity contribution in [2.45, 2.75) is 31.7 Å². The monoisotopic (exact) mass is 447 g/mol. The summed E-state index contributed by atoms with van der Waals surface area (Å²) in [6, 6.07) is 11.6. The fourth-order valence-electron chi connectivity index (χ4n) is 3.24. The van der Waals surface area contributed by atoms with Crippen molar-refractivity contribution in [3.8, 4) is 11.5 Å². The van der Waals surface area contributed by atoms with Crippen molar-refractivity contribution < 1.29 is 22.7 Å². The lowest BCUT2D eigenvalue weighted by Crippen LogP contribution is -2.42. The second-order valence-corrected chi connectivity index (χ2v) is 9.50. The summed E-state index contributed by atoms with van der Waals surface area (Å²) in [5, 5.41) is 5.65. The van der Waals surface area contributed by atoms with Crippen molar-refractivity contribution in [1.82, 2.24) is 15.4 Å². The summed E-state index contributed by atoms with van der Waals surface area (Å²) >= 11 is 0. The molecule has 31 heavy (non-hydrogen) atoms. The number of fused-ring (bicyclic) bond motifs is 1. The molecule has 0 saturated heterocycles. The third-order valence-corrected chi connectivity index (χ3v) is 6.39. The maximum Gasteiger partial charge on any atom is 0.315 e. The Bertz CT molecular complexity index is 1010. The Morgan fingerprint density at radius 3 is 2.35 bits per heavy atom. The average molecular weight is 448 g/mol. The van der Waals surface area contributed by atoms with E-state index >= 15 is 0 Å². The topological polar surface area (TPSA) is 106 Å². The van der Waals surface area contributed by atoms with Gasteiger partial charge in [0.2, 0.25) is 10.0 Å². The van der Waals surface area contributed by atoms with Gasteiger partial charge >= 0.3 is 6.03 Å². The summed E-state index contributed by atoms with van der Waals surface area (Å²) in [7, 11) is -3.61. The molecule has 1 heterocycles. The fourth-order valence-corrected chi connectivity index (χ4v) is 4.27. The number of hydrogen-bond donors (Lipinski definition) is 3. The highest BCUT2D eigenvalue weighted by molar-refractivity contribution is 7.89. The smallest absolute Gasteiger partial charge is 0.315 e. The zero-order chi connectivity index (χ0) is 22.4. The summed E-state index contributed by atoms with van der Waals surface area (Å²) in [5.41, 5.74) is 1.89. The highest BCUT2D eigenvalue weighted by Gasteiger charge is 2.21. The largest absolute Gasteiger partial charge is 0.486 e. The van der Waals surface area contributed by atoms with E-state index in [9.17, 15) is 13.2 Å². The lowest BCUT2D eigenvalue weighted by atomic mass is 9.95. The highest BCUT2D eigenvalue weighted by Crippen LogP contribution is 2.34. The molecule has 0 fully saturated rings. The number of hydrogen-bond acceptors (Lipinski definition) is 5. The molecule has 2 aromatic carbocycles. The number of carbonyl (C=O) groups is 1. The van der Waals surface area contributed by atoms with Crippen LogP contribution in [0.5, 0.6) is 11.5 Å². The molecule has 0 saturated carbocycles. The number of benzene rings is 2. The number of ether oxygens (including phenoxy) is 2. The van der Waals surface area contributed by atoms with Gasteiger partial charge in [0, 0.05) is 13.1 Å². The van der Waals surface area contributed by atoms with E-state index in [1.807, 2.05) is 39.0 Å². The predicted molar refractivity (Wildman–Crippen MR) is 118 cm³/mol. The Morgan fingerprint density at radius 2 is 1.68 bits per heavy atom. The normalized spacial score (nSPS) is 14.2. The van der Waals surface area contributed by atoms with Crippen molar-refractivity contribution in [3.63, 3.8) is 0 Å². The summed E-state index contributed by atoms with van der Waals surface area (Å²) in [6.45, 7) is 7.17. The molecule has 9 heteroatoms. The molecule has 0 aromatic heterocycles. The summed E-state index contributed by atoms with van der Waals surface area (Å²) in [4.78, 5) is 12.6. The van der Waals surface area contributed by atoms with Crippen LogP contribution in [0.4, 0.5) is 4.79 Å². The molecule has 0 bridgehead atoms. The van der Waals surface area contributed by atoms with Gasteiger partial charge in [0.05, 0.1) is 10.9 Å². The number of amides is 2. The minimum atomic E-state index is -3.61. The zero-order valence-electron chi connectivity index (χ0n) is 18.0. The third kappa shape index (κ3) is 6.11. The van der Waals surface area contributed by atoms with E-state index in [0.29, 0.717) is 24.7 Å². The van der Waals surface area contributed by atoms with Gasteiger partial charge in [-0.2, -0.15) is 0 Å². The Labute approximate surface area is 183 Å². The summed E-state index contributed by atoms with van der Waals surface area (Å²) in [5.74, 6) is 1.50. The molecule has 1 aliphatic rings. The van der Waals surface area contributed by atoms with Gasteiger partial charge in [-0.3, -0.25) is 0 Å². The summed E-state index contributed by atoms with van der Waals surface area (Å²) < 4.78 is 38.3. The van der Waals surface area contributed by atoms with Crippen molar-refractivity contribution in [2.24, 2.45) is 5.92 Å². The molecular weight excluding hydrogens is 418 g/mol. The molecule has 3 N–H and O–H groups in total. The highest BCUT2D eigenvalue weighted by atomic mass is 32.2. The van der Waals surface area contributed by atoms with Crippen LogP contribution in [0.25, 0.3) is 0 Å². The van der Waals surface area contributed by atoms with Gasteiger partial charge in [0.15, 0.2) is 11.5 Å². The lowest BCUT2D eigenvalue weighted by molar-refractivity contribution is 0.171. The van der Waals surface area contributed by atoms with Gasteiger partial charge in [0.25, 0.3) is 0 Å². The average Bonchev–Trinajstić information content (AvgIpc) is 2.75. The van der Waals surface area contributed by atoms with E-state index in [1.165, 1.54) is 0 Å². The van der Waals surface area contributed by atoms with Crippen LogP contribution in [-0.4, -0.2) is 40.8 Å². The quantitative estimate of drug-likeness (QED) is 0.540. The van der Waals surface area contributed by atoms with E-state index < -0.39 is 10.0 Å². The second kappa shape index (κ2) is 10.0. The molecule has 1 aliphatic heterocycles. The minimum Gasteiger partial charge on any atom is -0.486 e. The molecule has 168 valence electrons. The van der Waals surface area contributed by atoms with Crippen LogP contribution < -0.4 is 24.8 Å². The zero-order valence-corrected chi connectivity index (χ0v) is 18.8. The van der Waals surface area contributed by atoms with Crippen LogP contribution in [-0.2, 0) is 10.0 Å². The van der Waals surface area contributed by atoms with E-state index in [4.69, 9.17) is 9.47 Å². The van der Waals surface area contributed by atoms with Gasteiger partial charge in [-0.05, 0) is 42.7 Å². The van der Waals surface area contributed by atoms with Gasteiger partial charge in [-0.15, -0.1) is 0 Å². The lowest BCUT2D eigenvalue weighted by Gasteiger charge is -2.25. The maximum absolute atomic E-state index is 12.4. The SMILES string of the molecule is Cc1ccc(S(=O)(=O)NCCNC(=O)N[C@@H](c2ccc3c(c2)OCCO3)C(C)C)cc1. The number of urea groups is 1. The minimum absolute atomic E-state index is 0.0833. The maximum atomic E-state index is 12.4. The first kappa shape index (κ1) is 22.9.